The lowest BCUT2D eigenvalue weighted by Crippen LogP contribution is -2.65. The minimum atomic E-state index is -0.659. The molecule has 2 aromatic carbocycles. The molecule has 1 aromatic heterocycles. The van der Waals surface area contributed by atoms with E-state index in [1.54, 1.807) is 19.4 Å². The van der Waals surface area contributed by atoms with Crippen LogP contribution < -0.4 is 15.4 Å². The zero-order valence-electron chi connectivity index (χ0n) is 29.2. The molecule has 10 heteroatoms. The Morgan fingerprint density at radius 3 is 2.44 bits per heavy atom. The number of para-hydroxylation sites is 1. The van der Waals surface area contributed by atoms with Gasteiger partial charge in [0.15, 0.2) is 0 Å². The summed E-state index contributed by atoms with van der Waals surface area (Å²) in [5.41, 5.74) is 2.17. The number of amides is 1. The van der Waals surface area contributed by atoms with E-state index in [9.17, 15) is 9.59 Å². The van der Waals surface area contributed by atoms with Crippen molar-refractivity contribution in [3.8, 4) is 5.75 Å². The van der Waals surface area contributed by atoms with Gasteiger partial charge in [-0.3, -0.25) is 4.79 Å². The maximum Gasteiger partial charge on any atom is 0.482 e. The molecule has 4 fully saturated rings. The third-order valence-electron chi connectivity index (χ3n) is 10.5. The fourth-order valence-corrected chi connectivity index (χ4v) is 7.88. The molecule has 0 radical (unpaired) electrons. The fraction of sp³-hybridized carbons (Fsp3) is 0.500. The smallest absolute Gasteiger partial charge is 0.482 e. The van der Waals surface area contributed by atoms with Crippen molar-refractivity contribution in [3.63, 3.8) is 0 Å². The number of benzene rings is 2. The molecule has 4 aliphatic rings. The van der Waals surface area contributed by atoms with Gasteiger partial charge in [-0.25, -0.2) is 9.78 Å². The number of anilines is 1. The SMILES string of the molecule is COc1c(CC(NC(=O)Cc2ccc(CNc3ccccn3)cc2)B2OC3CC4CC(C4(C)C)C3(C)O2)cccc1C(=O)OC(C)(C)C. The molecular weight excluding hydrogens is 605 g/mol. The number of esters is 1. The monoisotopic (exact) mass is 653 g/mol. The maximum absolute atomic E-state index is 13.7. The Morgan fingerprint density at radius 2 is 1.77 bits per heavy atom. The summed E-state index contributed by atoms with van der Waals surface area (Å²) in [6, 6.07) is 19.2. The van der Waals surface area contributed by atoms with Gasteiger partial charge in [0.1, 0.15) is 22.7 Å². The van der Waals surface area contributed by atoms with Crippen molar-refractivity contribution in [2.75, 3.05) is 12.4 Å². The summed E-state index contributed by atoms with van der Waals surface area (Å²) in [6.45, 7) is 13.0. The number of nitrogens with zero attached hydrogens (tertiary/aromatic N) is 1. The molecule has 2 N–H and O–H groups in total. The molecule has 5 atom stereocenters. The molecule has 48 heavy (non-hydrogen) atoms. The van der Waals surface area contributed by atoms with E-state index in [0.717, 1.165) is 35.3 Å². The van der Waals surface area contributed by atoms with E-state index in [0.29, 0.717) is 36.1 Å². The first-order valence-electron chi connectivity index (χ1n) is 17.0. The average Bonchev–Trinajstić information content (AvgIpc) is 3.41. The number of carbonyl (C=O) groups is 2. The molecule has 9 nitrogen and oxygen atoms in total. The molecule has 2 heterocycles. The van der Waals surface area contributed by atoms with E-state index in [1.165, 1.54) is 0 Å². The Morgan fingerprint density at radius 1 is 1.02 bits per heavy atom. The van der Waals surface area contributed by atoms with E-state index >= 15 is 0 Å². The highest BCUT2D eigenvalue weighted by Crippen LogP contribution is 2.65. The number of pyridine rings is 1. The first-order chi connectivity index (χ1) is 22.8. The Kier molecular flexibility index (Phi) is 9.35. The number of rotatable bonds is 11. The van der Waals surface area contributed by atoms with Gasteiger partial charge in [0.2, 0.25) is 5.91 Å². The summed E-state index contributed by atoms with van der Waals surface area (Å²) < 4.78 is 25.0. The Balaban J connectivity index is 1.20. The van der Waals surface area contributed by atoms with Crippen LogP contribution in [0.3, 0.4) is 0 Å². The van der Waals surface area contributed by atoms with Gasteiger partial charge in [0.25, 0.3) is 0 Å². The number of nitrogens with one attached hydrogen (secondary N) is 2. The minimum absolute atomic E-state index is 0.0408. The minimum Gasteiger partial charge on any atom is -0.496 e. The van der Waals surface area contributed by atoms with Crippen molar-refractivity contribution in [3.05, 3.63) is 89.1 Å². The molecule has 1 aliphatic heterocycles. The first kappa shape index (κ1) is 34.0. The molecule has 254 valence electrons. The Bertz CT molecular complexity index is 1630. The van der Waals surface area contributed by atoms with Crippen molar-refractivity contribution in [1.29, 1.82) is 0 Å². The van der Waals surface area contributed by atoms with Crippen LogP contribution in [0.5, 0.6) is 5.75 Å². The van der Waals surface area contributed by atoms with E-state index in [2.05, 4.69) is 36.4 Å². The van der Waals surface area contributed by atoms with E-state index < -0.39 is 30.2 Å². The highest BCUT2D eigenvalue weighted by Gasteiger charge is 2.68. The summed E-state index contributed by atoms with van der Waals surface area (Å²) >= 11 is 0. The third-order valence-corrected chi connectivity index (χ3v) is 10.5. The number of methoxy groups -OCH3 is 1. The van der Waals surface area contributed by atoms with Crippen LogP contribution in [0.15, 0.2) is 66.9 Å². The van der Waals surface area contributed by atoms with Crippen molar-refractivity contribution in [2.45, 2.75) is 97.0 Å². The van der Waals surface area contributed by atoms with Gasteiger partial charge in [-0.15, -0.1) is 0 Å². The highest BCUT2D eigenvalue weighted by atomic mass is 16.7. The zero-order chi connectivity index (χ0) is 34.3. The number of ether oxygens (including phenoxy) is 2. The summed E-state index contributed by atoms with van der Waals surface area (Å²) in [7, 11) is 0.887. The van der Waals surface area contributed by atoms with Gasteiger partial charge in [0, 0.05) is 12.7 Å². The van der Waals surface area contributed by atoms with Gasteiger partial charge >= 0.3 is 13.1 Å². The van der Waals surface area contributed by atoms with Crippen LogP contribution in [0, 0.1) is 17.3 Å². The van der Waals surface area contributed by atoms with E-state index in [1.807, 2.05) is 75.4 Å². The number of carbonyl (C=O) groups excluding carboxylic acids is 2. The molecule has 1 amide bonds. The number of hydrogen-bond acceptors (Lipinski definition) is 8. The largest absolute Gasteiger partial charge is 0.496 e. The van der Waals surface area contributed by atoms with Gasteiger partial charge in [-0.05, 0) is 99.1 Å². The normalized spacial score (nSPS) is 24.6. The molecule has 7 rings (SSSR count). The Labute approximate surface area is 284 Å². The predicted octanol–water partition coefficient (Wildman–Crippen LogP) is 6.20. The molecule has 3 saturated carbocycles. The summed E-state index contributed by atoms with van der Waals surface area (Å²) in [5.74, 6) is 1.09. The lowest BCUT2D eigenvalue weighted by atomic mass is 9.43. The summed E-state index contributed by atoms with van der Waals surface area (Å²) in [5, 5.41) is 6.56. The second-order valence-corrected chi connectivity index (χ2v) is 15.3. The standard InChI is InChI=1S/C38H48BN3O6/c1-36(2,3)46-35(44)28-12-10-11-26(34(28)45-7)20-31(39-47-30-22-27-21-29(37(27,4)5)38(30,6)48-39)42-33(43)19-24-14-16-25(17-15-24)23-41-32-13-8-9-18-40-32/h8-18,27,29-31H,19-23H2,1-7H3,(H,40,41)(H,42,43). The molecular formula is C38H48BN3O6. The van der Waals surface area contributed by atoms with Crippen LogP contribution in [-0.4, -0.2) is 54.3 Å². The van der Waals surface area contributed by atoms with Gasteiger partial charge in [-0.2, -0.15) is 0 Å². The maximum atomic E-state index is 13.7. The van der Waals surface area contributed by atoms with Crippen molar-refractivity contribution < 1.29 is 28.4 Å². The molecule has 1 saturated heterocycles. The second kappa shape index (κ2) is 13.2. The predicted molar refractivity (Wildman–Crippen MR) is 186 cm³/mol. The van der Waals surface area contributed by atoms with Gasteiger partial charge < -0.3 is 29.4 Å². The molecule has 2 bridgehead atoms. The number of hydrogen-bond donors (Lipinski definition) is 2. The molecule has 0 spiro atoms. The summed E-state index contributed by atoms with van der Waals surface area (Å²) in [6.07, 6.45) is 4.33. The topological polar surface area (TPSA) is 108 Å². The van der Waals surface area contributed by atoms with Gasteiger partial charge in [0.05, 0.1) is 31.2 Å². The average molecular weight is 654 g/mol. The van der Waals surface area contributed by atoms with Crippen LogP contribution >= 0.6 is 0 Å². The first-order valence-corrected chi connectivity index (χ1v) is 17.0. The van der Waals surface area contributed by atoms with Crippen LogP contribution in [-0.2, 0) is 38.2 Å². The van der Waals surface area contributed by atoms with Crippen LogP contribution in [0.4, 0.5) is 5.82 Å². The zero-order valence-corrected chi connectivity index (χ0v) is 29.2. The molecule has 3 aromatic rings. The number of aromatic nitrogens is 1. The molecule has 3 aliphatic carbocycles. The lowest BCUT2D eigenvalue weighted by molar-refractivity contribution is -0.199. The van der Waals surface area contributed by atoms with Crippen LogP contribution in [0.1, 0.15) is 81.4 Å². The second-order valence-electron chi connectivity index (χ2n) is 15.3. The van der Waals surface area contributed by atoms with Crippen molar-refractivity contribution >= 4 is 24.8 Å². The third kappa shape index (κ3) is 6.96. The molecule has 5 unspecified atom stereocenters. The fourth-order valence-electron chi connectivity index (χ4n) is 7.88. The summed E-state index contributed by atoms with van der Waals surface area (Å²) in [4.78, 5) is 31.1. The van der Waals surface area contributed by atoms with Gasteiger partial charge in [-0.1, -0.05) is 56.3 Å². The quantitative estimate of drug-likeness (QED) is 0.186. The van der Waals surface area contributed by atoms with Crippen molar-refractivity contribution in [1.82, 2.24) is 10.3 Å². The van der Waals surface area contributed by atoms with Crippen LogP contribution in [0.2, 0.25) is 0 Å². The Hall–Kier alpha value is -3.89. The van der Waals surface area contributed by atoms with E-state index in [-0.39, 0.29) is 23.8 Å². The lowest BCUT2D eigenvalue weighted by Gasteiger charge is -2.64. The van der Waals surface area contributed by atoms with Crippen molar-refractivity contribution in [2.24, 2.45) is 17.3 Å². The van der Waals surface area contributed by atoms with E-state index in [4.69, 9.17) is 18.8 Å². The highest BCUT2D eigenvalue weighted by molar-refractivity contribution is 6.48. The van der Waals surface area contributed by atoms with Crippen LogP contribution in [0.25, 0.3) is 0 Å².